The van der Waals surface area contributed by atoms with Crippen molar-refractivity contribution in [3.05, 3.63) is 16.8 Å². The van der Waals surface area contributed by atoms with Crippen LogP contribution in [0, 0.1) is 0 Å². The molecule has 0 spiro atoms. The highest BCUT2D eigenvalue weighted by Gasteiger charge is 2.33. The van der Waals surface area contributed by atoms with Crippen LogP contribution in [0.5, 0.6) is 5.75 Å². The fraction of sp³-hybridized carbons (Fsp3) is 0.500. The van der Waals surface area contributed by atoms with Gasteiger partial charge in [0.05, 0.1) is 0 Å². The predicted octanol–water partition coefficient (Wildman–Crippen LogP) is 1.49. The molecule has 2 heterocycles. The van der Waals surface area contributed by atoms with Crippen molar-refractivity contribution >= 4 is 11.3 Å². The lowest BCUT2D eigenvalue weighted by atomic mass is 10.0. The number of nitrogens with one attached hydrogen (secondary N) is 1. The van der Waals surface area contributed by atoms with Crippen LogP contribution in [0.25, 0.3) is 0 Å². The van der Waals surface area contributed by atoms with Gasteiger partial charge in [-0.25, -0.2) is 0 Å². The summed E-state index contributed by atoms with van der Waals surface area (Å²) in [4.78, 5) is 0. The van der Waals surface area contributed by atoms with E-state index in [4.69, 9.17) is 4.74 Å². The van der Waals surface area contributed by atoms with E-state index in [1.54, 1.807) is 11.3 Å². The van der Waals surface area contributed by atoms with Gasteiger partial charge in [0, 0.05) is 18.5 Å². The van der Waals surface area contributed by atoms with Crippen LogP contribution in [0.2, 0.25) is 0 Å². The van der Waals surface area contributed by atoms with Gasteiger partial charge >= 0.3 is 0 Å². The third kappa shape index (κ3) is 1.39. The van der Waals surface area contributed by atoms with Crippen molar-refractivity contribution in [1.82, 2.24) is 5.32 Å². The van der Waals surface area contributed by atoms with E-state index in [0.29, 0.717) is 0 Å². The van der Waals surface area contributed by atoms with Crippen molar-refractivity contribution in [3.8, 4) is 5.75 Å². The van der Waals surface area contributed by atoms with E-state index in [9.17, 15) is 0 Å². The van der Waals surface area contributed by atoms with Crippen LogP contribution in [-0.2, 0) is 0 Å². The van der Waals surface area contributed by atoms with Crippen LogP contribution in [0.3, 0.4) is 0 Å². The van der Waals surface area contributed by atoms with E-state index in [2.05, 4.69) is 12.2 Å². The van der Waals surface area contributed by atoms with E-state index in [1.807, 2.05) is 16.8 Å². The maximum atomic E-state index is 5.73. The number of hydrogen-bond donors (Lipinski definition) is 1. The molecule has 2 nitrogen and oxygen atoms in total. The van der Waals surface area contributed by atoms with Gasteiger partial charge in [0.15, 0.2) is 0 Å². The lowest BCUT2D eigenvalue weighted by Gasteiger charge is -2.39. The van der Waals surface area contributed by atoms with Crippen molar-refractivity contribution in [3.63, 3.8) is 0 Å². The molecule has 1 aliphatic rings. The van der Waals surface area contributed by atoms with Crippen LogP contribution < -0.4 is 10.1 Å². The van der Waals surface area contributed by atoms with E-state index in [1.165, 1.54) is 0 Å². The number of ether oxygens (including phenoxy) is 1. The molecule has 11 heavy (non-hydrogen) atoms. The molecule has 0 bridgehead atoms. The molecule has 1 aromatic heterocycles. The lowest BCUT2D eigenvalue weighted by molar-refractivity contribution is 0.0353. The smallest absolute Gasteiger partial charge is 0.131 e. The zero-order valence-corrected chi connectivity index (χ0v) is 7.28. The number of rotatable bonds is 2. The third-order valence-corrected chi connectivity index (χ3v) is 2.52. The van der Waals surface area contributed by atoms with Gasteiger partial charge in [0.2, 0.25) is 0 Å². The van der Waals surface area contributed by atoms with Crippen LogP contribution >= 0.6 is 11.3 Å². The zero-order chi connectivity index (χ0) is 7.73. The highest BCUT2D eigenvalue weighted by atomic mass is 32.1. The lowest BCUT2D eigenvalue weighted by Crippen LogP contribution is -2.60. The minimum absolute atomic E-state index is 0.0427. The Hall–Kier alpha value is -0.540. The van der Waals surface area contributed by atoms with Crippen LogP contribution in [0.1, 0.15) is 6.92 Å². The summed E-state index contributed by atoms with van der Waals surface area (Å²) in [7, 11) is 0. The minimum Gasteiger partial charge on any atom is -0.484 e. The van der Waals surface area contributed by atoms with Gasteiger partial charge < -0.3 is 10.1 Å². The van der Waals surface area contributed by atoms with Crippen molar-refractivity contribution in [2.45, 2.75) is 12.5 Å². The fourth-order valence-electron chi connectivity index (χ4n) is 1.14. The Balaban J connectivity index is 2.00. The van der Waals surface area contributed by atoms with Gasteiger partial charge in [-0.3, -0.25) is 0 Å². The Morgan fingerprint density at radius 3 is 2.91 bits per heavy atom. The number of thiophene rings is 1. The van der Waals surface area contributed by atoms with Crippen LogP contribution in [-0.4, -0.2) is 18.7 Å². The summed E-state index contributed by atoms with van der Waals surface area (Å²) in [6, 6.07) is 2.01. The molecule has 0 saturated carbocycles. The second-order valence-corrected chi connectivity index (χ2v) is 3.89. The quantitative estimate of drug-likeness (QED) is 0.724. The summed E-state index contributed by atoms with van der Waals surface area (Å²) in [6.07, 6.45) is 0. The maximum absolute atomic E-state index is 5.73. The van der Waals surface area contributed by atoms with Crippen molar-refractivity contribution in [2.24, 2.45) is 0 Å². The average Bonchev–Trinajstić information content (AvgIpc) is 2.36. The second kappa shape index (κ2) is 2.50. The summed E-state index contributed by atoms with van der Waals surface area (Å²) >= 11 is 1.67. The standard InChI is InChI=1S/C8H11NOS/c1-8(5-9-6-8)10-7-2-3-11-4-7/h2-4,9H,5-6H2,1H3. The van der Waals surface area contributed by atoms with Gasteiger partial charge in [-0.05, 0) is 18.4 Å². The molecule has 0 unspecified atom stereocenters. The molecule has 1 aliphatic heterocycles. The van der Waals surface area contributed by atoms with Gasteiger partial charge in [0.1, 0.15) is 11.4 Å². The summed E-state index contributed by atoms with van der Waals surface area (Å²) in [6.45, 7) is 4.05. The summed E-state index contributed by atoms with van der Waals surface area (Å²) in [5.41, 5.74) is 0.0427. The molecular weight excluding hydrogens is 158 g/mol. The molecule has 0 radical (unpaired) electrons. The Labute approximate surface area is 70.2 Å². The topological polar surface area (TPSA) is 21.3 Å². The fourth-order valence-corrected chi connectivity index (χ4v) is 1.70. The molecule has 60 valence electrons. The van der Waals surface area contributed by atoms with Gasteiger partial charge in [-0.2, -0.15) is 0 Å². The van der Waals surface area contributed by atoms with Crippen LogP contribution in [0.15, 0.2) is 16.8 Å². The first-order valence-electron chi connectivity index (χ1n) is 3.70. The Morgan fingerprint density at radius 2 is 2.45 bits per heavy atom. The first-order valence-corrected chi connectivity index (χ1v) is 4.65. The third-order valence-electron chi connectivity index (χ3n) is 1.86. The van der Waals surface area contributed by atoms with E-state index < -0.39 is 0 Å². The van der Waals surface area contributed by atoms with E-state index in [-0.39, 0.29) is 5.60 Å². The Kier molecular flexibility index (Phi) is 1.62. The summed E-state index contributed by atoms with van der Waals surface area (Å²) < 4.78 is 5.73. The molecule has 0 aromatic carbocycles. The van der Waals surface area contributed by atoms with Gasteiger partial charge in [-0.1, -0.05) is 0 Å². The molecular formula is C8H11NOS. The first kappa shape index (κ1) is 7.13. The summed E-state index contributed by atoms with van der Waals surface area (Å²) in [5.74, 6) is 0.999. The monoisotopic (exact) mass is 169 g/mol. The highest BCUT2D eigenvalue weighted by Crippen LogP contribution is 2.23. The molecule has 2 rings (SSSR count). The van der Waals surface area contributed by atoms with Crippen molar-refractivity contribution < 1.29 is 4.74 Å². The minimum atomic E-state index is 0.0427. The van der Waals surface area contributed by atoms with Crippen molar-refractivity contribution in [1.29, 1.82) is 0 Å². The van der Waals surface area contributed by atoms with Crippen molar-refractivity contribution in [2.75, 3.05) is 13.1 Å². The SMILES string of the molecule is CC1(Oc2ccsc2)CNC1. The maximum Gasteiger partial charge on any atom is 0.131 e. The highest BCUT2D eigenvalue weighted by molar-refractivity contribution is 7.08. The van der Waals surface area contributed by atoms with Gasteiger partial charge in [-0.15, -0.1) is 11.3 Å². The molecule has 0 aliphatic carbocycles. The molecule has 1 aromatic rings. The largest absolute Gasteiger partial charge is 0.484 e. The predicted molar refractivity (Wildman–Crippen MR) is 46.2 cm³/mol. The molecule has 0 atom stereocenters. The molecule has 0 amide bonds. The Bertz CT molecular complexity index is 228. The molecule has 1 saturated heterocycles. The number of hydrogen-bond acceptors (Lipinski definition) is 3. The van der Waals surface area contributed by atoms with Crippen LogP contribution in [0.4, 0.5) is 0 Å². The molecule has 3 heteroatoms. The van der Waals surface area contributed by atoms with E-state index >= 15 is 0 Å². The second-order valence-electron chi connectivity index (χ2n) is 3.11. The molecule has 1 N–H and O–H groups in total. The average molecular weight is 169 g/mol. The first-order chi connectivity index (χ1) is 5.29. The summed E-state index contributed by atoms with van der Waals surface area (Å²) in [5, 5.41) is 7.26. The zero-order valence-electron chi connectivity index (χ0n) is 6.46. The van der Waals surface area contributed by atoms with E-state index in [0.717, 1.165) is 18.8 Å². The normalized spacial score (nSPS) is 20.8. The Morgan fingerprint density at radius 1 is 1.64 bits per heavy atom. The molecule has 1 fully saturated rings. The van der Waals surface area contributed by atoms with Gasteiger partial charge in [0.25, 0.3) is 0 Å².